The Bertz CT molecular complexity index is 319. The molecule has 100 valence electrons. The van der Waals surface area contributed by atoms with E-state index in [-0.39, 0.29) is 11.5 Å². The van der Waals surface area contributed by atoms with E-state index in [1.54, 1.807) is 0 Å². The summed E-state index contributed by atoms with van der Waals surface area (Å²) in [4.78, 5) is 30.2. The minimum Gasteiger partial charge on any atom is -0.465 e. The Balaban J connectivity index is 4.71. The average Bonchev–Trinajstić information content (AvgIpc) is 2.13. The molecule has 6 nitrogen and oxygen atoms in total. The fourth-order valence-electron chi connectivity index (χ4n) is 0.905. The van der Waals surface area contributed by atoms with Crippen LogP contribution in [0.15, 0.2) is 0 Å². The maximum absolute atomic E-state index is 12.1. The summed E-state index contributed by atoms with van der Waals surface area (Å²) in [6.45, 7) is 0.354. The van der Waals surface area contributed by atoms with Gasteiger partial charge >= 0.3 is 18.1 Å². The summed E-state index contributed by atoms with van der Waals surface area (Å²) in [5.74, 6) is -3.42. The van der Waals surface area contributed by atoms with E-state index in [0.29, 0.717) is 0 Å². The van der Waals surface area contributed by atoms with Gasteiger partial charge in [-0.3, -0.25) is 14.2 Å². The predicted octanol–water partition coefficient (Wildman–Crippen LogP) is 0.365. The largest absolute Gasteiger partial charge is 0.471 e. The smallest absolute Gasteiger partial charge is 0.465 e. The van der Waals surface area contributed by atoms with Gasteiger partial charge in [0.25, 0.3) is 0 Å². The van der Waals surface area contributed by atoms with Crippen LogP contribution in [0, 0.1) is 0 Å². The number of esters is 1. The van der Waals surface area contributed by atoms with E-state index in [0.717, 1.165) is 0 Å². The molecule has 0 fully saturated rings. The summed E-state index contributed by atoms with van der Waals surface area (Å²) in [5, 5.41) is 0. The van der Waals surface area contributed by atoms with Crippen molar-refractivity contribution in [1.29, 1.82) is 0 Å². The highest BCUT2D eigenvalue weighted by Gasteiger charge is 2.43. The summed E-state index contributed by atoms with van der Waals surface area (Å²) >= 11 is 0. The van der Waals surface area contributed by atoms with E-state index < -0.39 is 38.9 Å². The number of halogens is 3. The molecule has 0 aliphatic carbocycles. The topological polar surface area (TPSA) is 83.9 Å². The molecule has 1 amide bonds. The Kier molecular flexibility index (Phi) is 6.19. The molecule has 17 heavy (non-hydrogen) atoms. The Morgan fingerprint density at radius 2 is 1.94 bits per heavy atom. The van der Waals surface area contributed by atoms with Crippen molar-refractivity contribution in [1.82, 2.24) is 4.90 Å². The normalized spacial score (nSPS) is 13.0. The molecule has 0 saturated heterocycles. The molecular formula is C7H11F3NO5P. The average molecular weight is 277 g/mol. The highest BCUT2D eigenvalue weighted by molar-refractivity contribution is 7.37. The van der Waals surface area contributed by atoms with Gasteiger partial charge in [-0.05, 0) is 6.92 Å². The second-order valence-electron chi connectivity index (χ2n) is 2.86. The molecule has 1 N–H and O–H groups in total. The third-order valence-electron chi connectivity index (χ3n) is 1.48. The number of amides is 1. The molecule has 0 rings (SSSR count). The SMILES string of the molecule is CCOC(=O)CN(C[PH](=O)O)C(=O)C(F)(F)F. The van der Waals surface area contributed by atoms with E-state index >= 15 is 0 Å². The van der Waals surface area contributed by atoms with Crippen molar-refractivity contribution in [3.63, 3.8) is 0 Å². The lowest BCUT2D eigenvalue weighted by Crippen LogP contribution is -2.43. The molecule has 0 aromatic carbocycles. The van der Waals surface area contributed by atoms with Crippen LogP contribution in [0.3, 0.4) is 0 Å². The zero-order valence-corrected chi connectivity index (χ0v) is 9.78. The quantitative estimate of drug-likeness (QED) is 0.579. The molecule has 1 atom stereocenters. The molecule has 0 spiro atoms. The monoisotopic (exact) mass is 277 g/mol. The number of ether oxygens (including phenoxy) is 1. The van der Waals surface area contributed by atoms with Gasteiger partial charge in [-0.1, -0.05) is 0 Å². The van der Waals surface area contributed by atoms with Gasteiger partial charge in [0.1, 0.15) is 6.54 Å². The number of hydrogen-bond donors (Lipinski definition) is 1. The summed E-state index contributed by atoms with van der Waals surface area (Å²) in [5.41, 5.74) is 0. The lowest BCUT2D eigenvalue weighted by Gasteiger charge is -2.21. The van der Waals surface area contributed by atoms with E-state index in [1.807, 2.05) is 0 Å². The predicted molar refractivity (Wildman–Crippen MR) is 50.5 cm³/mol. The summed E-state index contributed by atoms with van der Waals surface area (Å²) in [6.07, 6.45) is -6.24. The zero-order valence-electron chi connectivity index (χ0n) is 8.78. The van der Waals surface area contributed by atoms with Crippen LogP contribution in [-0.2, 0) is 18.9 Å². The van der Waals surface area contributed by atoms with Gasteiger partial charge in [-0.25, -0.2) is 0 Å². The second kappa shape index (κ2) is 6.61. The van der Waals surface area contributed by atoms with Crippen LogP contribution in [0.1, 0.15) is 6.92 Å². The third kappa shape index (κ3) is 6.28. The highest BCUT2D eigenvalue weighted by atomic mass is 31.1. The van der Waals surface area contributed by atoms with Crippen LogP contribution in [0.25, 0.3) is 0 Å². The van der Waals surface area contributed by atoms with E-state index in [2.05, 4.69) is 4.74 Å². The van der Waals surface area contributed by atoms with Crippen molar-refractivity contribution >= 4 is 19.9 Å². The molecule has 0 aromatic heterocycles. The lowest BCUT2D eigenvalue weighted by molar-refractivity contribution is -0.186. The molecule has 0 saturated carbocycles. The summed E-state index contributed by atoms with van der Waals surface area (Å²) in [6, 6.07) is 0. The lowest BCUT2D eigenvalue weighted by atomic mass is 10.5. The van der Waals surface area contributed by atoms with Gasteiger partial charge in [-0.15, -0.1) is 0 Å². The third-order valence-corrected chi connectivity index (χ3v) is 2.13. The van der Waals surface area contributed by atoms with Gasteiger partial charge in [-0.2, -0.15) is 13.2 Å². The minimum atomic E-state index is -5.20. The van der Waals surface area contributed by atoms with Gasteiger partial charge in [0.05, 0.1) is 12.9 Å². The molecule has 10 heteroatoms. The van der Waals surface area contributed by atoms with Crippen LogP contribution < -0.4 is 0 Å². The Morgan fingerprint density at radius 3 is 2.29 bits per heavy atom. The number of carbonyl (C=O) groups excluding carboxylic acids is 2. The molecule has 0 aromatic rings. The van der Waals surface area contributed by atoms with Crippen LogP contribution >= 0.6 is 8.03 Å². The van der Waals surface area contributed by atoms with Crippen LogP contribution in [0.4, 0.5) is 13.2 Å². The van der Waals surface area contributed by atoms with E-state index in [1.165, 1.54) is 6.92 Å². The van der Waals surface area contributed by atoms with Gasteiger partial charge < -0.3 is 14.5 Å². The van der Waals surface area contributed by atoms with Crippen LogP contribution in [0.2, 0.25) is 0 Å². The molecule has 0 radical (unpaired) electrons. The zero-order chi connectivity index (χ0) is 13.6. The number of alkyl halides is 3. The van der Waals surface area contributed by atoms with Gasteiger partial charge in [0.15, 0.2) is 0 Å². The molecule has 0 heterocycles. The number of rotatable bonds is 5. The summed E-state index contributed by atoms with van der Waals surface area (Å²) < 4.78 is 51.0. The number of carbonyl (C=O) groups is 2. The second-order valence-corrected chi connectivity index (χ2v) is 3.96. The van der Waals surface area contributed by atoms with Crippen molar-refractivity contribution < 1.29 is 37.0 Å². The molecule has 1 unspecified atom stereocenters. The van der Waals surface area contributed by atoms with Crippen molar-refractivity contribution in [3.05, 3.63) is 0 Å². The Morgan fingerprint density at radius 1 is 1.41 bits per heavy atom. The van der Waals surface area contributed by atoms with Crippen LogP contribution in [-0.4, -0.2) is 47.3 Å². The maximum atomic E-state index is 12.1. The minimum absolute atomic E-state index is 0.0563. The van der Waals surface area contributed by atoms with E-state index in [9.17, 15) is 27.3 Å². The molecule has 0 aliphatic heterocycles. The van der Waals surface area contributed by atoms with Gasteiger partial charge in [0, 0.05) is 0 Å². The molecular weight excluding hydrogens is 266 g/mol. The first kappa shape index (κ1) is 15.9. The van der Waals surface area contributed by atoms with Crippen molar-refractivity contribution in [3.8, 4) is 0 Å². The fraction of sp³-hybridized carbons (Fsp3) is 0.714. The van der Waals surface area contributed by atoms with Gasteiger partial charge in [0.2, 0.25) is 8.03 Å². The van der Waals surface area contributed by atoms with Crippen molar-refractivity contribution in [2.75, 3.05) is 19.4 Å². The highest BCUT2D eigenvalue weighted by Crippen LogP contribution is 2.22. The van der Waals surface area contributed by atoms with Crippen LogP contribution in [0.5, 0.6) is 0 Å². The van der Waals surface area contributed by atoms with E-state index in [4.69, 9.17) is 4.89 Å². The first-order chi connectivity index (χ1) is 7.68. The first-order valence-corrected chi connectivity index (χ1v) is 5.98. The molecule has 0 bridgehead atoms. The van der Waals surface area contributed by atoms with Crippen molar-refractivity contribution in [2.24, 2.45) is 0 Å². The Hall–Kier alpha value is -1.08. The molecule has 0 aliphatic rings. The summed E-state index contributed by atoms with van der Waals surface area (Å²) in [7, 11) is -3.35. The maximum Gasteiger partial charge on any atom is 0.471 e. The Labute approximate surface area is 95.2 Å². The fourth-order valence-corrected chi connectivity index (χ4v) is 1.49. The standard InChI is InChI=1S/C7H11F3NO5P/c1-2-16-5(12)3-11(4-17(14)15)6(13)7(8,9)10/h17H,2-4H2,1H3,(H,14,15). The van der Waals surface area contributed by atoms with Crippen molar-refractivity contribution in [2.45, 2.75) is 13.1 Å². The number of nitrogens with zero attached hydrogens (tertiary/aromatic N) is 1. The number of hydrogen-bond acceptors (Lipinski definition) is 4. The first-order valence-electron chi connectivity index (χ1n) is 4.42.